The summed E-state index contributed by atoms with van der Waals surface area (Å²) in [4.78, 5) is 18.3. The fraction of sp³-hybridized carbons (Fsp3) is 0.0400. The SMILES string of the molecule is Cc1ccc(-n2c(-c3ccc4ccccc4c3)nc3ccccc3c2=O)cc1. The van der Waals surface area contributed by atoms with E-state index in [-0.39, 0.29) is 5.56 Å². The zero-order valence-corrected chi connectivity index (χ0v) is 15.5. The van der Waals surface area contributed by atoms with Gasteiger partial charge in [0.15, 0.2) is 0 Å². The molecule has 0 bridgehead atoms. The minimum absolute atomic E-state index is 0.0578. The molecule has 0 spiro atoms. The van der Waals surface area contributed by atoms with Crippen molar-refractivity contribution >= 4 is 21.7 Å². The molecule has 0 aliphatic rings. The van der Waals surface area contributed by atoms with Crippen molar-refractivity contribution in [3.8, 4) is 17.1 Å². The Balaban J connectivity index is 1.86. The van der Waals surface area contributed by atoms with E-state index in [0.29, 0.717) is 16.7 Å². The Hall–Kier alpha value is -3.72. The Morgan fingerprint density at radius 3 is 2.29 bits per heavy atom. The van der Waals surface area contributed by atoms with Gasteiger partial charge < -0.3 is 0 Å². The molecular formula is C25H18N2O. The van der Waals surface area contributed by atoms with E-state index in [4.69, 9.17) is 4.98 Å². The first-order valence-corrected chi connectivity index (χ1v) is 9.29. The molecular weight excluding hydrogens is 344 g/mol. The number of nitrogens with zero attached hydrogens (tertiary/aromatic N) is 2. The Labute approximate surface area is 162 Å². The normalized spacial score (nSPS) is 11.2. The third kappa shape index (κ3) is 2.69. The second kappa shape index (κ2) is 6.46. The minimum Gasteiger partial charge on any atom is -0.268 e. The first-order valence-electron chi connectivity index (χ1n) is 9.29. The van der Waals surface area contributed by atoms with E-state index in [1.807, 2.05) is 73.7 Å². The number of hydrogen-bond acceptors (Lipinski definition) is 2. The highest BCUT2D eigenvalue weighted by Gasteiger charge is 2.14. The minimum atomic E-state index is -0.0578. The molecule has 5 rings (SSSR count). The summed E-state index contributed by atoms with van der Waals surface area (Å²) in [5.74, 6) is 0.651. The topological polar surface area (TPSA) is 34.9 Å². The van der Waals surface area contributed by atoms with Crippen molar-refractivity contribution < 1.29 is 0 Å². The molecule has 28 heavy (non-hydrogen) atoms. The van der Waals surface area contributed by atoms with Gasteiger partial charge in [0.2, 0.25) is 0 Å². The summed E-state index contributed by atoms with van der Waals surface area (Å²) in [7, 11) is 0. The molecule has 1 aromatic heterocycles. The van der Waals surface area contributed by atoms with Crippen LogP contribution in [0.15, 0.2) is 95.8 Å². The molecule has 0 saturated carbocycles. The number of benzene rings is 4. The van der Waals surface area contributed by atoms with Crippen molar-refractivity contribution in [2.45, 2.75) is 6.92 Å². The molecule has 1 heterocycles. The van der Waals surface area contributed by atoms with Crippen molar-refractivity contribution in [2.75, 3.05) is 0 Å². The highest BCUT2D eigenvalue weighted by molar-refractivity contribution is 5.87. The number of para-hydroxylation sites is 1. The number of rotatable bonds is 2. The van der Waals surface area contributed by atoms with Crippen LogP contribution >= 0.6 is 0 Å². The van der Waals surface area contributed by atoms with Gasteiger partial charge in [-0.25, -0.2) is 4.98 Å². The largest absolute Gasteiger partial charge is 0.268 e. The van der Waals surface area contributed by atoms with Crippen molar-refractivity contribution in [1.29, 1.82) is 0 Å². The average Bonchev–Trinajstić information content (AvgIpc) is 2.74. The van der Waals surface area contributed by atoms with Crippen LogP contribution in [0.5, 0.6) is 0 Å². The summed E-state index contributed by atoms with van der Waals surface area (Å²) in [6.45, 7) is 2.04. The van der Waals surface area contributed by atoms with Crippen LogP contribution in [-0.4, -0.2) is 9.55 Å². The summed E-state index contributed by atoms with van der Waals surface area (Å²) < 4.78 is 1.71. The maximum absolute atomic E-state index is 13.4. The van der Waals surface area contributed by atoms with E-state index in [1.165, 1.54) is 0 Å². The van der Waals surface area contributed by atoms with E-state index in [1.54, 1.807) is 4.57 Å². The first-order chi connectivity index (χ1) is 13.7. The second-order valence-electron chi connectivity index (χ2n) is 6.99. The zero-order chi connectivity index (χ0) is 19.1. The number of aryl methyl sites for hydroxylation is 1. The Morgan fingerprint density at radius 2 is 1.46 bits per heavy atom. The molecule has 3 nitrogen and oxygen atoms in total. The molecule has 0 atom stereocenters. The van der Waals surface area contributed by atoms with Crippen molar-refractivity contribution in [1.82, 2.24) is 9.55 Å². The van der Waals surface area contributed by atoms with Gasteiger partial charge in [-0.1, -0.05) is 66.2 Å². The van der Waals surface area contributed by atoms with Gasteiger partial charge in [0.05, 0.1) is 16.6 Å². The number of fused-ring (bicyclic) bond motifs is 2. The lowest BCUT2D eigenvalue weighted by Gasteiger charge is -2.14. The lowest BCUT2D eigenvalue weighted by atomic mass is 10.1. The maximum Gasteiger partial charge on any atom is 0.266 e. The van der Waals surface area contributed by atoms with Gasteiger partial charge in [-0.3, -0.25) is 9.36 Å². The monoisotopic (exact) mass is 362 g/mol. The second-order valence-corrected chi connectivity index (χ2v) is 6.99. The predicted molar refractivity (Wildman–Crippen MR) is 115 cm³/mol. The van der Waals surface area contributed by atoms with Gasteiger partial charge in [0.1, 0.15) is 5.82 Å². The van der Waals surface area contributed by atoms with E-state index in [9.17, 15) is 4.79 Å². The molecule has 0 aliphatic heterocycles. The van der Waals surface area contributed by atoms with Gasteiger partial charge in [0.25, 0.3) is 5.56 Å². The fourth-order valence-corrected chi connectivity index (χ4v) is 3.59. The third-order valence-electron chi connectivity index (χ3n) is 5.08. The average molecular weight is 362 g/mol. The molecule has 0 unspecified atom stereocenters. The molecule has 0 aliphatic carbocycles. The van der Waals surface area contributed by atoms with Crippen LogP contribution < -0.4 is 5.56 Å². The molecule has 0 radical (unpaired) electrons. The Morgan fingerprint density at radius 1 is 0.750 bits per heavy atom. The van der Waals surface area contributed by atoms with Gasteiger partial charge in [-0.05, 0) is 48.0 Å². The molecule has 134 valence electrons. The lowest BCUT2D eigenvalue weighted by Crippen LogP contribution is -2.21. The molecule has 0 amide bonds. The zero-order valence-electron chi connectivity index (χ0n) is 15.5. The van der Waals surface area contributed by atoms with Crippen molar-refractivity contribution in [3.63, 3.8) is 0 Å². The highest BCUT2D eigenvalue weighted by atomic mass is 16.1. The van der Waals surface area contributed by atoms with Crippen LogP contribution in [0.1, 0.15) is 5.56 Å². The van der Waals surface area contributed by atoms with Crippen LogP contribution in [0.3, 0.4) is 0 Å². The molecule has 0 saturated heterocycles. The lowest BCUT2D eigenvalue weighted by molar-refractivity contribution is 0.975. The van der Waals surface area contributed by atoms with Crippen LogP contribution in [0.25, 0.3) is 38.8 Å². The van der Waals surface area contributed by atoms with Crippen LogP contribution in [0.4, 0.5) is 0 Å². The molecule has 5 aromatic rings. The van der Waals surface area contributed by atoms with Crippen LogP contribution in [0, 0.1) is 6.92 Å². The van der Waals surface area contributed by atoms with Gasteiger partial charge >= 0.3 is 0 Å². The number of hydrogen-bond donors (Lipinski definition) is 0. The van der Waals surface area contributed by atoms with E-state index >= 15 is 0 Å². The first kappa shape index (κ1) is 16.5. The standard InChI is InChI=1S/C25H18N2O/c1-17-10-14-21(15-11-17)27-24(26-23-9-5-4-8-22(23)25(27)28)20-13-12-18-6-2-3-7-19(18)16-20/h2-16H,1H3. The highest BCUT2D eigenvalue weighted by Crippen LogP contribution is 2.26. The van der Waals surface area contributed by atoms with Crippen LogP contribution in [-0.2, 0) is 0 Å². The summed E-state index contributed by atoms with van der Waals surface area (Å²) in [5, 5.41) is 2.90. The maximum atomic E-state index is 13.4. The van der Waals surface area contributed by atoms with E-state index in [0.717, 1.165) is 27.6 Å². The fourth-order valence-electron chi connectivity index (χ4n) is 3.59. The molecule has 3 heteroatoms. The summed E-state index contributed by atoms with van der Waals surface area (Å²) in [6, 6.07) is 29.9. The Kier molecular flexibility index (Phi) is 3.80. The Bertz CT molecular complexity index is 1380. The number of aromatic nitrogens is 2. The summed E-state index contributed by atoms with van der Waals surface area (Å²) >= 11 is 0. The summed E-state index contributed by atoms with van der Waals surface area (Å²) in [6.07, 6.45) is 0. The molecule has 0 N–H and O–H groups in total. The van der Waals surface area contributed by atoms with Crippen molar-refractivity contribution in [3.05, 3.63) is 107 Å². The predicted octanol–water partition coefficient (Wildman–Crippen LogP) is 5.51. The molecule has 0 fully saturated rings. The summed E-state index contributed by atoms with van der Waals surface area (Å²) in [5.41, 5.74) is 3.54. The van der Waals surface area contributed by atoms with Gasteiger partial charge in [0, 0.05) is 5.56 Å². The van der Waals surface area contributed by atoms with Crippen LogP contribution in [0.2, 0.25) is 0 Å². The van der Waals surface area contributed by atoms with E-state index in [2.05, 4.69) is 24.3 Å². The van der Waals surface area contributed by atoms with Gasteiger partial charge in [-0.2, -0.15) is 0 Å². The van der Waals surface area contributed by atoms with Gasteiger partial charge in [-0.15, -0.1) is 0 Å². The smallest absolute Gasteiger partial charge is 0.266 e. The van der Waals surface area contributed by atoms with Crippen molar-refractivity contribution in [2.24, 2.45) is 0 Å². The molecule has 4 aromatic carbocycles. The van der Waals surface area contributed by atoms with E-state index < -0.39 is 0 Å². The quantitative estimate of drug-likeness (QED) is 0.415. The third-order valence-corrected chi connectivity index (χ3v) is 5.08.